The molecule has 1 aromatic heterocycles. The van der Waals surface area contributed by atoms with E-state index in [1.807, 2.05) is 4.57 Å². The van der Waals surface area contributed by atoms with E-state index in [2.05, 4.69) is 15.8 Å². The smallest absolute Gasteiger partial charge is 0.307 e. The molecule has 0 aliphatic rings. The van der Waals surface area contributed by atoms with Crippen LogP contribution in [-0.4, -0.2) is 28.5 Å². The van der Waals surface area contributed by atoms with Crippen molar-refractivity contribution in [3.05, 3.63) is 29.6 Å². The number of imidazole rings is 1. The standard InChI is InChI=1S/C14H14ClN3O2/c1-20-14(19)5-7-18-12-8-10(9-16)2-3-11(12)17-13(18)4-6-15/h2-3,8H,4-7H2,1H3. The number of hydrogen-bond acceptors (Lipinski definition) is 4. The number of alkyl halides is 1. The number of aryl methyl sites for hydroxylation is 2. The molecular weight excluding hydrogens is 278 g/mol. The van der Waals surface area contributed by atoms with Gasteiger partial charge in [0.15, 0.2) is 0 Å². The third kappa shape index (κ3) is 2.91. The van der Waals surface area contributed by atoms with E-state index in [1.165, 1.54) is 7.11 Å². The van der Waals surface area contributed by atoms with E-state index in [1.54, 1.807) is 18.2 Å². The lowest BCUT2D eigenvalue weighted by Crippen LogP contribution is -2.10. The van der Waals surface area contributed by atoms with Crippen molar-refractivity contribution >= 4 is 28.6 Å². The lowest BCUT2D eigenvalue weighted by atomic mass is 10.2. The van der Waals surface area contributed by atoms with Crippen LogP contribution in [0, 0.1) is 11.3 Å². The van der Waals surface area contributed by atoms with Gasteiger partial charge in [-0.25, -0.2) is 4.98 Å². The minimum Gasteiger partial charge on any atom is -0.469 e. The van der Waals surface area contributed by atoms with Crippen LogP contribution in [0.5, 0.6) is 0 Å². The van der Waals surface area contributed by atoms with Gasteiger partial charge in [-0.3, -0.25) is 4.79 Å². The first-order chi connectivity index (χ1) is 9.69. The zero-order chi connectivity index (χ0) is 14.5. The van der Waals surface area contributed by atoms with Gasteiger partial charge >= 0.3 is 5.97 Å². The summed E-state index contributed by atoms with van der Waals surface area (Å²) in [4.78, 5) is 15.8. The molecule has 0 saturated heterocycles. The number of esters is 1. The molecule has 0 fully saturated rings. The van der Waals surface area contributed by atoms with Gasteiger partial charge in [0.05, 0.1) is 36.2 Å². The monoisotopic (exact) mass is 291 g/mol. The number of methoxy groups -OCH3 is 1. The Morgan fingerprint density at radius 2 is 2.35 bits per heavy atom. The highest BCUT2D eigenvalue weighted by atomic mass is 35.5. The number of ether oxygens (including phenoxy) is 1. The Balaban J connectivity index is 2.43. The quantitative estimate of drug-likeness (QED) is 0.626. The molecule has 0 aliphatic heterocycles. The number of carbonyl (C=O) groups excluding carboxylic acids is 1. The minimum absolute atomic E-state index is 0.258. The highest BCUT2D eigenvalue weighted by Gasteiger charge is 2.12. The van der Waals surface area contributed by atoms with E-state index in [4.69, 9.17) is 16.9 Å². The molecule has 6 heteroatoms. The fraction of sp³-hybridized carbons (Fsp3) is 0.357. The summed E-state index contributed by atoms with van der Waals surface area (Å²) in [6.07, 6.45) is 0.868. The number of aromatic nitrogens is 2. The number of benzene rings is 1. The Hall–Kier alpha value is -2.06. The van der Waals surface area contributed by atoms with Crippen LogP contribution in [0.2, 0.25) is 0 Å². The van der Waals surface area contributed by atoms with Crippen LogP contribution in [0.25, 0.3) is 11.0 Å². The fourth-order valence-electron chi connectivity index (χ4n) is 2.07. The average Bonchev–Trinajstić information content (AvgIpc) is 2.81. The average molecular weight is 292 g/mol. The van der Waals surface area contributed by atoms with E-state index >= 15 is 0 Å². The van der Waals surface area contributed by atoms with Gasteiger partial charge in [0.1, 0.15) is 5.82 Å². The van der Waals surface area contributed by atoms with E-state index in [-0.39, 0.29) is 12.4 Å². The molecule has 1 aromatic carbocycles. The molecule has 20 heavy (non-hydrogen) atoms. The molecule has 2 rings (SSSR count). The Kier molecular flexibility index (Phi) is 4.59. The van der Waals surface area contributed by atoms with E-state index in [0.29, 0.717) is 24.4 Å². The predicted octanol–water partition coefficient (Wildman–Crippen LogP) is 2.25. The first-order valence-corrected chi connectivity index (χ1v) is 6.75. The molecule has 0 unspecified atom stereocenters. The topological polar surface area (TPSA) is 67.9 Å². The molecule has 0 atom stereocenters. The number of fused-ring (bicyclic) bond motifs is 1. The first kappa shape index (κ1) is 14.4. The minimum atomic E-state index is -0.278. The summed E-state index contributed by atoms with van der Waals surface area (Å²) in [5, 5.41) is 8.98. The zero-order valence-electron chi connectivity index (χ0n) is 11.1. The molecule has 2 aromatic rings. The van der Waals surface area contributed by atoms with Gasteiger partial charge in [0.2, 0.25) is 0 Å². The van der Waals surface area contributed by atoms with Crippen LogP contribution in [0.3, 0.4) is 0 Å². The van der Waals surface area contributed by atoms with Gasteiger partial charge in [0, 0.05) is 18.8 Å². The molecular formula is C14H14ClN3O2. The van der Waals surface area contributed by atoms with E-state index in [9.17, 15) is 4.79 Å². The maximum absolute atomic E-state index is 11.3. The summed E-state index contributed by atoms with van der Waals surface area (Å²) >= 11 is 5.79. The Bertz CT molecular complexity index is 673. The second kappa shape index (κ2) is 6.40. The summed E-state index contributed by atoms with van der Waals surface area (Å²) in [5.41, 5.74) is 2.20. The maximum atomic E-state index is 11.3. The summed E-state index contributed by atoms with van der Waals surface area (Å²) in [7, 11) is 1.36. The van der Waals surface area contributed by atoms with Crippen molar-refractivity contribution < 1.29 is 9.53 Å². The number of rotatable bonds is 5. The Morgan fingerprint density at radius 3 is 3.00 bits per heavy atom. The van der Waals surface area contributed by atoms with Crippen molar-refractivity contribution in [3.8, 4) is 6.07 Å². The van der Waals surface area contributed by atoms with Gasteiger partial charge in [-0.1, -0.05) is 0 Å². The predicted molar refractivity (Wildman–Crippen MR) is 75.5 cm³/mol. The van der Waals surface area contributed by atoms with Crippen molar-refractivity contribution in [1.29, 1.82) is 5.26 Å². The van der Waals surface area contributed by atoms with Crippen molar-refractivity contribution in [1.82, 2.24) is 9.55 Å². The first-order valence-electron chi connectivity index (χ1n) is 6.21. The summed E-state index contributed by atoms with van der Waals surface area (Å²) in [6.45, 7) is 0.463. The van der Waals surface area contributed by atoms with Crippen LogP contribution in [-0.2, 0) is 22.5 Å². The second-order valence-corrected chi connectivity index (χ2v) is 4.64. The van der Waals surface area contributed by atoms with E-state index < -0.39 is 0 Å². The lowest BCUT2D eigenvalue weighted by Gasteiger charge is -2.07. The van der Waals surface area contributed by atoms with Gasteiger partial charge in [-0.2, -0.15) is 5.26 Å². The van der Waals surface area contributed by atoms with Crippen molar-refractivity contribution in [2.24, 2.45) is 0 Å². The molecule has 0 saturated carbocycles. The van der Waals surface area contributed by atoms with Crippen LogP contribution in [0.15, 0.2) is 18.2 Å². The third-order valence-electron chi connectivity index (χ3n) is 3.04. The Morgan fingerprint density at radius 1 is 1.55 bits per heavy atom. The van der Waals surface area contributed by atoms with Crippen molar-refractivity contribution in [2.45, 2.75) is 19.4 Å². The molecule has 0 spiro atoms. The SMILES string of the molecule is COC(=O)CCn1c(CCCl)nc2ccc(C#N)cc21. The number of nitriles is 1. The van der Waals surface area contributed by atoms with E-state index in [0.717, 1.165) is 16.9 Å². The molecule has 0 radical (unpaired) electrons. The Labute approximate surface area is 121 Å². The van der Waals surface area contributed by atoms with Crippen LogP contribution >= 0.6 is 11.6 Å². The summed E-state index contributed by atoms with van der Waals surface area (Å²) in [6, 6.07) is 7.41. The normalized spacial score (nSPS) is 10.4. The largest absolute Gasteiger partial charge is 0.469 e. The summed E-state index contributed by atoms with van der Waals surface area (Å²) in [5.74, 6) is 0.987. The molecule has 104 valence electrons. The van der Waals surface area contributed by atoms with Crippen LogP contribution in [0.4, 0.5) is 0 Å². The van der Waals surface area contributed by atoms with Gasteiger partial charge in [-0.15, -0.1) is 11.6 Å². The van der Waals surface area contributed by atoms with Gasteiger partial charge < -0.3 is 9.30 Å². The lowest BCUT2D eigenvalue weighted by molar-refractivity contribution is -0.140. The molecule has 0 bridgehead atoms. The third-order valence-corrected chi connectivity index (χ3v) is 3.23. The highest BCUT2D eigenvalue weighted by molar-refractivity contribution is 6.17. The van der Waals surface area contributed by atoms with Gasteiger partial charge in [-0.05, 0) is 18.2 Å². The molecule has 1 heterocycles. The highest BCUT2D eigenvalue weighted by Crippen LogP contribution is 2.19. The van der Waals surface area contributed by atoms with Crippen molar-refractivity contribution in [2.75, 3.05) is 13.0 Å². The van der Waals surface area contributed by atoms with Gasteiger partial charge in [0.25, 0.3) is 0 Å². The number of hydrogen-bond donors (Lipinski definition) is 0. The second-order valence-electron chi connectivity index (χ2n) is 4.26. The number of carbonyl (C=O) groups is 1. The maximum Gasteiger partial charge on any atom is 0.307 e. The molecule has 5 nitrogen and oxygen atoms in total. The number of halogens is 1. The fourth-order valence-corrected chi connectivity index (χ4v) is 2.24. The zero-order valence-corrected chi connectivity index (χ0v) is 11.9. The molecule has 0 N–H and O–H groups in total. The molecule has 0 aliphatic carbocycles. The number of nitrogens with zero attached hydrogens (tertiary/aromatic N) is 3. The van der Waals surface area contributed by atoms with Crippen LogP contribution in [0.1, 0.15) is 17.8 Å². The van der Waals surface area contributed by atoms with Crippen molar-refractivity contribution in [3.63, 3.8) is 0 Å². The molecule has 0 amide bonds. The van der Waals surface area contributed by atoms with Crippen LogP contribution < -0.4 is 0 Å². The summed E-state index contributed by atoms with van der Waals surface area (Å²) < 4.78 is 6.58.